The molecule has 1 unspecified atom stereocenters. The van der Waals surface area contributed by atoms with E-state index in [0.717, 1.165) is 0 Å². The van der Waals surface area contributed by atoms with Crippen LogP contribution in [0.4, 0.5) is 0 Å². The van der Waals surface area contributed by atoms with Gasteiger partial charge in [-0.25, -0.2) is 0 Å². The van der Waals surface area contributed by atoms with Crippen LogP contribution >= 0.6 is 0 Å². The van der Waals surface area contributed by atoms with E-state index < -0.39 is 0 Å². The molecule has 54 valence electrons. The van der Waals surface area contributed by atoms with E-state index in [-0.39, 0.29) is 0 Å². The molecule has 11 heavy (non-hydrogen) atoms. The molecule has 0 aromatic heterocycles. The Hall–Kier alpha value is -1.30. The smallest absolute Gasteiger partial charge is 0.0205 e. The molecule has 0 heterocycles. The van der Waals surface area contributed by atoms with Crippen molar-refractivity contribution >= 4 is 6.08 Å². The van der Waals surface area contributed by atoms with Crippen LogP contribution in [0.2, 0.25) is 0 Å². The van der Waals surface area contributed by atoms with Gasteiger partial charge < -0.3 is 0 Å². The van der Waals surface area contributed by atoms with E-state index in [0.29, 0.717) is 5.92 Å². The second-order valence-electron chi connectivity index (χ2n) is 2.75. The third kappa shape index (κ3) is 0.911. The second-order valence-corrected chi connectivity index (χ2v) is 2.75. The lowest BCUT2D eigenvalue weighted by molar-refractivity contribution is 1.12. The predicted molar refractivity (Wildman–Crippen MR) is 48.4 cm³/mol. The van der Waals surface area contributed by atoms with Gasteiger partial charge in [-0.3, -0.25) is 0 Å². The Labute approximate surface area is 66.9 Å². The number of fused-ring (bicyclic) bond motifs is 1. The number of benzene rings is 1. The quantitative estimate of drug-likeness (QED) is 0.529. The fraction of sp³-hybridized carbons (Fsp3) is 0.0909. The van der Waals surface area contributed by atoms with Gasteiger partial charge >= 0.3 is 0 Å². The lowest BCUT2D eigenvalue weighted by Crippen LogP contribution is -1.86. The molecule has 0 aliphatic heterocycles. The zero-order valence-corrected chi connectivity index (χ0v) is 6.33. The highest BCUT2D eigenvalue weighted by Gasteiger charge is 2.11. The molecule has 0 N–H and O–H groups in total. The molecule has 1 aromatic rings. The van der Waals surface area contributed by atoms with Crippen LogP contribution in [0.25, 0.3) is 6.08 Å². The van der Waals surface area contributed by atoms with Crippen LogP contribution in [0.1, 0.15) is 17.0 Å². The van der Waals surface area contributed by atoms with Gasteiger partial charge in [-0.2, -0.15) is 0 Å². The predicted octanol–water partition coefficient (Wildman–Crippen LogP) is 2.98. The van der Waals surface area contributed by atoms with Gasteiger partial charge in [-0.15, -0.1) is 6.58 Å². The van der Waals surface area contributed by atoms with Gasteiger partial charge in [0.25, 0.3) is 0 Å². The molecule has 0 spiro atoms. The maximum absolute atomic E-state index is 3.79. The standard InChI is InChI=1S/C11H10/c1-2-9-7-8-10-5-3-4-6-11(9)10/h2-9H,1H2. The third-order valence-corrected chi connectivity index (χ3v) is 2.09. The Balaban J connectivity index is 2.53. The number of hydrogen-bond donors (Lipinski definition) is 0. The molecule has 0 nitrogen and oxygen atoms in total. The molecule has 1 atom stereocenters. The van der Waals surface area contributed by atoms with Crippen LogP contribution in [0.3, 0.4) is 0 Å². The normalized spacial score (nSPS) is 19.8. The topological polar surface area (TPSA) is 0 Å². The van der Waals surface area contributed by atoms with E-state index in [4.69, 9.17) is 0 Å². The second kappa shape index (κ2) is 2.39. The summed E-state index contributed by atoms with van der Waals surface area (Å²) < 4.78 is 0. The van der Waals surface area contributed by atoms with Crippen LogP contribution in [0.15, 0.2) is 43.0 Å². The molecule has 0 heteroatoms. The summed E-state index contributed by atoms with van der Waals surface area (Å²) in [5.74, 6) is 0.436. The maximum Gasteiger partial charge on any atom is 0.0205 e. The maximum atomic E-state index is 3.79. The first kappa shape index (κ1) is 6.41. The van der Waals surface area contributed by atoms with Crippen molar-refractivity contribution in [2.24, 2.45) is 0 Å². The van der Waals surface area contributed by atoms with Gasteiger partial charge in [0.15, 0.2) is 0 Å². The highest BCUT2D eigenvalue weighted by Crippen LogP contribution is 2.29. The van der Waals surface area contributed by atoms with E-state index in [1.165, 1.54) is 11.1 Å². The molecule has 0 amide bonds. The molecule has 0 saturated heterocycles. The number of allylic oxidation sites excluding steroid dienone is 2. The number of rotatable bonds is 1. The van der Waals surface area contributed by atoms with Crippen molar-refractivity contribution in [3.8, 4) is 0 Å². The summed E-state index contributed by atoms with van der Waals surface area (Å²) in [6.45, 7) is 3.79. The van der Waals surface area contributed by atoms with E-state index in [2.05, 4.69) is 43.0 Å². The average molecular weight is 142 g/mol. The Kier molecular flexibility index (Phi) is 1.39. The van der Waals surface area contributed by atoms with Crippen molar-refractivity contribution in [3.05, 3.63) is 54.1 Å². The molecule has 2 rings (SSSR count). The van der Waals surface area contributed by atoms with Crippen molar-refractivity contribution in [1.82, 2.24) is 0 Å². The molecule has 0 radical (unpaired) electrons. The van der Waals surface area contributed by atoms with Crippen molar-refractivity contribution in [1.29, 1.82) is 0 Å². The summed E-state index contributed by atoms with van der Waals surface area (Å²) in [4.78, 5) is 0. The highest BCUT2D eigenvalue weighted by molar-refractivity contribution is 5.63. The minimum atomic E-state index is 0.436. The Morgan fingerprint density at radius 3 is 2.91 bits per heavy atom. The zero-order valence-electron chi connectivity index (χ0n) is 6.33. The summed E-state index contributed by atoms with van der Waals surface area (Å²) in [6, 6.07) is 8.42. The Morgan fingerprint density at radius 2 is 2.09 bits per heavy atom. The highest BCUT2D eigenvalue weighted by atomic mass is 14.2. The van der Waals surface area contributed by atoms with E-state index in [9.17, 15) is 0 Å². The monoisotopic (exact) mass is 142 g/mol. The van der Waals surface area contributed by atoms with Crippen LogP contribution in [-0.4, -0.2) is 0 Å². The summed E-state index contributed by atoms with van der Waals surface area (Å²) in [5.41, 5.74) is 2.71. The first-order chi connectivity index (χ1) is 5.42. The van der Waals surface area contributed by atoms with Gasteiger partial charge in [0.05, 0.1) is 0 Å². The van der Waals surface area contributed by atoms with Crippen molar-refractivity contribution < 1.29 is 0 Å². The average Bonchev–Trinajstić information content (AvgIpc) is 2.47. The summed E-state index contributed by atoms with van der Waals surface area (Å²) >= 11 is 0. The Bertz CT molecular complexity index is 308. The summed E-state index contributed by atoms with van der Waals surface area (Å²) in [5, 5.41) is 0. The van der Waals surface area contributed by atoms with Gasteiger partial charge in [0, 0.05) is 5.92 Å². The first-order valence-corrected chi connectivity index (χ1v) is 3.81. The van der Waals surface area contributed by atoms with Crippen LogP contribution in [0.5, 0.6) is 0 Å². The molecule has 1 aliphatic rings. The molecule has 1 aromatic carbocycles. The summed E-state index contributed by atoms with van der Waals surface area (Å²) in [7, 11) is 0. The molecule has 0 fully saturated rings. The third-order valence-electron chi connectivity index (χ3n) is 2.09. The molecule has 1 aliphatic carbocycles. The van der Waals surface area contributed by atoms with Gasteiger partial charge in [-0.05, 0) is 11.1 Å². The van der Waals surface area contributed by atoms with Gasteiger partial charge in [-0.1, -0.05) is 42.5 Å². The molecular formula is C11H10. The molecular weight excluding hydrogens is 132 g/mol. The fourth-order valence-corrected chi connectivity index (χ4v) is 1.48. The minimum absolute atomic E-state index is 0.436. The fourth-order valence-electron chi connectivity index (χ4n) is 1.48. The lowest BCUT2D eigenvalue weighted by Gasteiger charge is -2.03. The first-order valence-electron chi connectivity index (χ1n) is 3.81. The van der Waals surface area contributed by atoms with Crippen LogP contribution in [0, 0.1) is 0 Å². The van der Waals surface area contributed by atoms with Crippen molar-refractivity contribution in [2.45, 2.75) is 5.92 Å². The van der Waals surface area contributed by atoms with E-state index in [1.807, 2.05) is 6.08 Å². The zero-order chi connectivity index (χ0) is 7.68. The minimum Gasteiger partial charge on any atom is -0.102 e. The SMILES string of the molecule is C=CC1C=Cc2ccccc21. The molecule has 0 saturated carbocycles. The van der Waals surface area contributed by atoms with E-state index >= 15 is 0 Å². The van der Waals surface area contributed by atoms with E-state index in [1.54, 1.807) is 0 Å². The van der Waals surface area contributed by atoms with Gasteiger partial charge in [0.2, 0.25) is 0 Å². The molecule has 0 bridgehead atoms. The van der Waals surface area contributed by atoms with Crippen LogP contribution in [-0.2, 0) is 0 Å². The summed E-state index contributed by atoms with van der Waals surface area (Å²) in [6.07, 6.45) is 6.31. The lowest BCUT2D eigenvalue weighted by atomic mass is 10.0. The van der Waals surface area contributed by atoms with Crippen molar-refractivity contribution in [2.75, 3.05) is 0 Å². The largest absolute Gasteiger partial charge is 0.102 e. The van der Waals surface area contributed by atoms with Gasteiger partial charge in [0.1, 0.15) is 0 Å². The Morgan fingerprint density at radius 1 is 1.27 bits per heavy atom. The van der Waals surface area contributed by atoms with Crippen LogP contribution < -0.4 is 0 Å². The van der Waals surface area contributed by atoms with Crippen molar-refractivity contribution in [3.63, 3.8) is 0 Å². The number of hydrogen-bond acceptors (Lipinski definition) is 0.